The van der Waals surface area contributed by atoms with E-state index in [1.54, 1.807) is 0 Å². The van der Waals surface area contributed by atoms with Gasteiger partial charge in [-0.05, 0) is 51.5 Å². The third-order valence-electron chi connectivity index (χ3n) is 3.65. The molecular formula is C12H21N3. The van der Waals surface area contributed by atoms with Crippen molar-refractivity contribution in [3.63, 3.8) is 0 Å². The van der Waals surface area contributed by atoms with Gasteiger partial charge in [-0.2, -0.15) is 0 Å². The zero-order valence-corrected chi connectivity index (χ0v) is 9.52. The van der Waals surface area contributed by atoms with E-state index in [1.807, 2.05) is 6.20 Å². The van der Waals surface area contributed by atoms with E-state index >= 15 is 0 Å². The lowest BCUT2D eigenvalue weighted by molar-refractivity contribution is 0.264. The van der Waals surface area contributed by atoms with Crippen LogP contribution >= 0.6 is 0 Å². The van der Waals surface area contributed by atoms with Crippen LogP contribution in [0.5, 0.6) is 0 Å². The molecular weight excluding hydrogens is 186 g/mol. The molecule has 0 bridgehead atoms. The summed E-state index contributed by atoms with van der Waals surface area (Å²) in [6.07, 6.45) is 10.5. The van der Waals surface area contributed by atoms with Gasteiger partial charge in [0.25, 0.3) is 0 Å². The lowest BCUT2D eigenvalue weighted by atomic mass is 9.84. The van der Waals surface area contributed by atoms with Gasteiger partial charge in [0.1, 0.15) is 5.82 Å². The molecule has 2 N–H and O–H groups in total. The number of hydrogen-bond acceptors (Lipinski definition) is 2. The zero-order valence-electron chi connectivity index (χ0n) is 9.52. The SMILES string of the molecule is Cc1nccn1C1CCC(CCN)CC1. The summed E-state index contributed by atoms with van der Waals surface area (Å²) in [6.45, 7) is 2.94. The van der Waals surface area contributed by atoms with Crippen LogP contribution in [0, 0.1) is 12.8 Å². The van der Waals surface area contributed by atoms with Crippen molar-refractivity contribution in [1.29, 1.82) is 0 Å². The first kappa shape index (κ1) is 10.7. The average molecular weight is 207 g/mol. The Balaban J connectivity index is 1.91. The Morgan fingerprint density at radius 1 is 1.40 bits per heavy atom. The van der Waals surface area contributed by atoms with Crippen molar-refractivity contribution in [3.05, 3.63) is 18.2 Å². The number of aromatic nitrogens is 2. The van der Waals surface area contributed by atoms with E-state index in [0.29, 0.717) is 6.04 Å². The van der Waals surface area contributed by atoms with Crippen molar-refractivity contribution in [2.24, 2.45) is 11.7 Å². The van der Waals surface area contributed by atoms with E-state index in [-0.39, 0.29) is 0 Å². The number of nitrogens with zero attached hydrogens (tertiary/aromatic N) is 2. The molecule has 0 spiro atoms. The zero-order chi connectivity index (χ0) is 10.7. The number of rotatable bonds is 3. The van der Waals surface area contributed by atoms with Crippen molar-refractivity contribution in [2.75, 3.05) is 6.54 Å². The van der Waals surface area contributed by atoms with E-state index in [1.165, 1.54) is 32.1 Å². The molecule has 2 rings (SSSR count). The first-order valence-corrected chi connectivity index (χ1v) is 6.00. The van der Waals surface area contributed by atoms with Gasteiger partial charge in [0.05, 0.1) is 0 Å². The molecule has 1 aliphatic carbocycles. The highest BCUT2D eigenvalue weighted by molar-refractivity contribution is 4.93. The topological polar surface area (TPSA) is 43.8 Å². The Morgan fingerprint density at radius 3 is 2.67 bits per heavy atom. The van der Waals surface area contributed by atoms with Crippen LogP contribution in [0.15, 0.2) is 12.4 Å². The maximum absolute atomic E-state index is 5.60. The van der Waals surface area contributed by atoms with Crippen LogP contribution in [0.25, 0.3) is 0 Å². The van der Waals surface area contributed by atoms with Crippen LogP contribution < -0.4 is 5.73 Å². The second kappa shape index (κ2) is 4.79. The molecule has 1 saturated carbocycles. The van der Waals surface area contributed by atoms with Crippen molar-refractivity contribution >= 4 is 0 Å². The Hall–Kier alpha value is -0.830. The van der Waals surface area contributed by atoms with Gasteiger partial charge in [0.15, 0.2) is 0 Å². The molecule has 0 saturated heterocycles. The van der Waals surface area contributed by atoms with Gasteiger partial charge in [-0.1, -0.05) is 0 Å². The van der Waals surface area contributed by atoms with Crippen LogP contribution in [0.3, 0.4) is 0 Å². The summed E-state index contributed by atoms with van der Waals surface area (Å²) in [5.41, 5.74) is 5.60. The van der Waals surface area contributed by atoms with E-state index in [9.17, 15) is 0 Å². The summed E-state index contributed by atoms with van der Waals surface area (Å²) in [4.78, 5) is 4.29. The monoisotopic (exact) mass is 207 g/mol. The summed E-state index contributed by atoms with van der Waals surface area (Å²) in [5.74, 6) is 2.02. The normalized spacial score (nSPS) is 26.8. The molecule has 15 heavy (non-hydrogen) atoms. The largest absolute Gasteiger partial charge is 0.332 e. The van der Waals surface area contributed by atoms with Crippen LogP contribution in [0.1, 0.15) is 44.0 Å². The highest BCUT2D eigenvalue weighted by Gasteiger charge is 2.22. The first-order valence-electron chi connectivity index (χ1n) is 6.00. The van der Waals surface area contributed by atoms with Crippen LogP contribution in [-0.4, -0.2) is 16.1 Å². The molecule has 0 amide bonds. The van der Waals surface area contributed by atoms with Crippen molar-refractivity contribution in [2.45, 2.75) is 45.1 Å². The fraction of sp³-hybridized carbons (Fsp3) is 0.750. The Bertz CT molecular complexity index is 298. The molecule has 1 aromatic heterocycles. The molecule has 1 heterocycles. The fourth-order valence-electron chi connectivity index (χ4n) is 2.72. The Kier molecular flexibility index (Phi) is 3.41. The van der Waals surface area contributed by atoms with Gasteiger partial charge < -0.3 is 10.3 Å². The minimum absolute atomic E-state index is 0.682. The molecule has 0 radical (unpaired) electrons. The smallest absolute Gasteiger partial charge is 0.105 e. The van der Waals surface area contributed by atoms with Gasteiger partial charge >= 0.3 is 0 Å². The molecule has 3 heteroatoms. The predicted molar refractivity (Wildman–Crippen MR) is 61.6 cm³/mol. The lowest BCUT2D eigenvalue weighted by Crippen LogP contribution is -2.20. The van der Waals surface area contributed by atoms with E-state index in [2.05, 4.69) is 22.7 Å². The molecule has 84 valence electrons. The standard InChI is InChI=1S/C12H21N3/c1-10-14-8-9-15(10)12-4-2-11(3-5-12)6-7-13/h8-9,11-12H,2-7,13H2,1H3. The van der Waals surface area contributed by atoms with Gasteiger partial charge in [-0.15, -0.1) is 0 Å². The molecule has 0 unspecified atom stereocenters. The quantitative estimate of drug-likeness (QED) is 0.826. The summed E-state index contributed by atoms with van der Waals surface area (Å²) in [7, 11) is 0. The molecule has 1 aromatic rings. The molecule has 1 fully saturated rings. The van der Waals surface area contributed by atoms with E-state index in [4.69, 9.17) is 5.73 Å². The highest BCUT2D eigenvalue weighted by Crippen LogP contribution is 2.33. The summed E-state index contributed by atoms with van der Waals surface area (Å²) in [6, 6.07) is 0.682. The van der Waals surface area contributed by atoms with Crippen LogP contribution in [-0.2, 0) is 0 Å². The number of imidazole rings is 1. The van der Waals surface area contributed by atoms with Crippen LogP contribution in [0.4, 0.5) is 0 Å². The van der Waals surface area contributed by atoms with Crippen molar-refractivity contribution < 1.29 is 0 Å². The third kappa shape index (κ3) is 2.40. The molecule has 1 aliphatic rings. The third-order valence-corrected chi connectivity index (χ3v) is 3.65. The van der Waals surface area contributed by atoms with Crippen molar-refractivity contribution in [1.82, 2.24) is 9.55 Å². The number of hydrogen-bond donors (Lipinski definition) is 1. The summed E-state index contributed by atoms with van der Waals surface area (Å²) < 4.78 is 2.33. The molecule has 0 aliphatic heterocycles. The number of nitrogens with two attached hydrogens (primary N) is 1. The van der Waals surface area contributed by atoms with Gasteiger partial charge in [0, 0.05) is 18.4 Å². The lowest BCUT2D eigenvalue weighted by Gasteiger charge is -2.29. The molecule has 0 atom stereocenters. The fourth-order valence-corrected chi connectivity index (χ4v) is 2.72. The summed E-state index contributed by atoms with van der Waals surface area (Å²) >= 11 is 0. The second-order valence-electron chi connectivity index (χ2n) is 4.63. The van der Waals surface area contributed by atoms with Gasteiger partial charge in [-0.3, -0.25) is 0 Å². The first-order chi connectivity index (χ1) is 7.31. The molecule has 3 nitrogen and oxygen atoms in total. The summed E-state index contributed by atoms with van der Waals surface area (Å²) in [5, 5.41) is 0. The average Bonchev–Trinajstić information content (AvgIpc) is 2.66. The van der Waals surface area contributed by atoms with Gasteiger partial charge in [-0.25, -0.2) is 4.98 Å². The van der Waals surface area contributed by atoms with Crippen LogP contribution in [0.2, 0.25) is 0 Å². The maximum Gasteiger partial charge on any atom is 0.105 e. The second-order valence-corrected chi connectivity index (χ2v) is 4.63. The highest BCUT2D eigenvalue weighted by atomic mass is 15.1. The minimum atomic E-state index is 0.682. The minimum Gasteiger partial charge on any atom is -0.332 e. The number of aryl methyl sites for hydroxylation is 1. The maximum atomic E-state index is 5.60. The van der Waals surface area contributed by atoms with E-state index < -0.39 is 0 Å². The van der Waals surface area contributed by atoms with E-state index in [0.717, 1.165) is 18.3 Å². The predicted octanol–water partition coefficient (Wildman–Crippen LogP) is 2.27. The van der Waals surface area contributed by atoms with Crippen molar-refractivity contribution in [3.8, 4) is 0 Å². The molecule has 0 aromatic carbocycles. The Morgan fingerprint density at radius 2 is 2.13 bits per heavy atom. The Labute approximate surface area is 91.7 Å². The van der Waals surface area contributed by atoms with Gasteiger partial charge in [0.2, 0.25) is 0 Å².